The molecule has 1 atom stereocenters. The van der Waals surface area contributed by atoms with Crippen LogP contribution in [0.1, 0.15) is 42.9 Å². The van der Waals surface area contributed by atoms with Gasteiger partial charge in [-0.2, -0.15) is 5.26 Å². The lowest BCUT2D eigenvalue weighted by Crippen LogP contribution is -2.52. The number of amides is 3. The van der Waals surface area contributed by atoms with Crippen LogP contribution in [0.25, 0.3) is 0 Å². The molecule has 2 aliphatic rings. The summed E-state index contributed by atoms with van der Waals surface area (Å²) in [6.45, 7) is 1.23. The van der Waals surface area contributed by atoms with Gasteiger partial charge in [0.25, 0.3) is 0 Å². The molecule has 1 aliphatic heterocycles. The standard InChI is InChI=1S/C19H16F2N6O2/c1-10(16-13(21)6-11(20)8-23-16)24-15(28)9-27-18(29)26-14-3-2-12(7-22)25-17(14)19(27)4-5-19/h2-3,6,8,10H,4-5,9H2,1H3,(H,24,28)(H,26,29)/t10-/m1/s1. The maximum atomic E-state index is 13.9. The van der Waals surface area contributed by atoms with Gasteiger partial charge < -0.3 is 15.5 Å². The van der Waals surface area contributed by atoms with Gasteiger partial charge in [0.15, 0.2) is 0 Å². The van der Waals surface area contributed by atoms with Gasteiger partial charge in [0.2, 0.25) is 5.91 Å². The van der Waals surface area contributed by atoms with Crippen molar-refractivity contribution in [1.82, 2.24) is 20.2 Å². The molecule has 3 heterocycles. The van der Waals surface area contributed by atoms with E-state index >= 15 is 0 Å². The summed E-state index contributed by atoms with van der Waals surface area (Å²) in [6.07, 6.45) is 2.10. The lowest BCUT2D eigenvalue weighted by molar-refractivity contribution is -0.123. The highest BCUT2D eigenvalue weighted by Crippen LogP contribution is 2.54. The molecule has 3 amide bonds. The van der Waals surface area contributed by atoms with Crippen molar-refractivity contribution in [3.05, 3.63) is 53.1 Å². The molecule has 4 rings (SSSR count). The van der Waals surface area contributed by atoms with Crippen molar-refractivity contribution in [2.24, 2.45) is 0 Å². The molecule has 2 aromatic rings. The van der Waals surface area contributed by atoms with Crippen molar-refractivity contribution in [1.29, 1.82) is 5.26 Å². The molecular formula is C19H16F2N6O2. The smallest absolute Gasteiger partial charge is 0.323 e. The number of hydrogen-bond donors (Lipinski definition) is 2. The maximum absolute atomic E-state index is 13.9. The SMILES string of the molecule is C[C@@H](NC(=O)CN1C(=O)Nc2ccc(C#N)nc2C12CC2)c1ncc(F)cc1F. The highest BCUT2D eigenvalue weighted by atomic mass is 19.1. The number of hydrogen-bond acceptors (Lipinski definition) is 5. The molecule has 1 saturated carbocycles. The van der Waals surface area contributed by atoms with Crippen LogP contribution >= 0.6 is 0 Å². The van der Waals surface area contributed by atoms with Crippen molar-refractivity contribution in [2.75, 3.05) is 11.9 Å². The monoisotopic (exact) mass is 398 g/mol. The highest BCUT2D eigenvalue weighted by molar-refractivity contribution is 5.96. The van der Waals surface area contributed by atoms with Crippen LogP contribution in [0.5, 0.6) is 0 Å². The fraction of sp³-hybridized carbons (Fsp3) is 0.316. The fourth-order valence-corrected chi connectivity index (χ4v) is 3.57. The topological polar surface area (TPSA) is 111 Å². The van der Waals surface area contributed by atoms with Crippen molar-refractivity contribution in [2.45, 2.75) is 31.3 Å². The number of rotatable bonds is 4. The Bertz CT molecular complexity index is 1060. The molecule has 10 heteroatoms. The first kappa shape index (κ1) is 18.7. The van der Waals surface area contributed by atoms with Crippen molar-refractivity contribution in [3.63, 3.8) is 0 Å². The van der Waals surface area contributed by atoms with Crippen molar-refractivity contribution >= 4 is 17.6 Å². The fourth-order valence-electron chi connectivity index (χ4n) is 3.57. The molecule has 1 aliphatic carbocycles. The molecule has 2 N–H and O–H groups in total. The molecule has 2 aromatic heterocycles. The number of carbonyl (C=O) groups excluding carboxylic acids is 2. The average molecular weight is 398 g/mol. The zero-order chi connectivity index (χ0) is 20.8. The Morgan fingerprint density at radius 1 is 1.45 bits per heavy atom. The largest absolute Gasteiger partial charge is 0.346 e. The molecule has 8 nitrogen and oxygen atoms in total. The first-order valence-corrected chi connectivity index (χ1v) is 8.94. The summed E-state index contributed by atoms with van der Waals surface area (Å²) in [5.74, 6) is -2.20. The second-order valence-corrected chi connectivity index (χ2v) is 7.06. The van der Waals surface area contributed by atoms with Crippen molar-refractivity contribution < 1.29 is 18.4 Å². The van der Waals surface area contributed by atoms with Gasteiger partial charge in [-0.05, 0) is 31.9 Å². The lowest BCUT2D eigenvalue weighted by Gasteiger charge is -2.36. The van der Waals surface area contributed by atoms with E-state index in [9.17, 15) is 18.4 Å². The van der Waals surface area contributed by atoms with E-state index in [4.69, 9.17) is 5.26 Å². The van der Waals surface area contributed by atoms with Gasteiger partial charge in [-0.1, -0.05) is 0 Å². The Balaban J connectivity index is 1.52. The van der Waals surface area contributed by atoms with E-state index in [1.807, 2.05) is 6.07 Å². The number of anilines is 1. The summed E-state index contributed by atoms with van der Waals surface area (Å²) in [5.41, 5.74) is 0.471. The van der Waals surface area contributed by atoms with Gasteiger partial charge >= 0.3 is 6.03 Å². The van der Waals surface area contributed by atoms with Crippen LogP contribution in [0, 0.1) is 23.0 Å². The van der Waals surface area contributed by atoms with Gasteiger partial charge in [0.1, 0.15) is 29.9 Å². The zero-order valence-electron chi connectivity index (χ0n) is 15.4. The quantitative estimate of drug-likeness (QED) is 0.821. The Labute approximate surface area is 164 Å². The average Bonchev–Trinajstić information content (AvgIpc) is 3.46. The minimum Gasteiger partial charge on any atom is -0.346 e. The Hall–Kier alpha value is -3.61. The third-order valence-electron chi connectivity index (χ3n) is 5.10. The molecule has 148 valence electrons. The third-order valence-corrected chi connectivity index (χ3v) is 5.10. The van der Waals surface area contributed by atoms with Gasteiger partial charge in [-0.15, -0.1) is 0 Å². The molecule has 0 bridgehead atoms. The number of nitrogens with zero attached hydrogens (tertiary/aromatic N) is 4. The van der Waals surface area contributed by atoms with Crippen LogP contribution < -0.4 is 10.6 Å². The summed E-state index contributed by atoms with van der Waals surface area (Å²) in [6, 6.07) is 4.54. The first-order valence-electron chi connectivity index (χ1n) is 8.94. The van der Waals surface area contributed by atoms with E-state index in [1.165, 1.54) is 17.9 Å². The first-order chi connectivity index (χ1) is 13.8. The van der Waals surface area contributed by atoms with Crippen LogP contribution in [0.3, 0.4) is 0 Å². The third kappa shape index (κ3) is 3.24. The molecule has 1 fully saturated rings. The summed E-state index contributed by atoms with van der Waals surface area (Å²) >= 11 is 0. The number of nitriles is 1. The second kappa shape index (κ2) is 6.77. The van der Waals surface area contributed by atoms with Gasteiger partial charge in [-0.3, -0.25) is 9.78 Å². The lowest BCUT2D eigenvalue weighted by atomic mass is 10.0. The van der Waals surface area contributed by atoms with E-state index < -0.39 is 35.2 Å². The molecule has 0 aromatic carbocycles. The predicted octanol–water partition coefficient (Wildman–Crippen LogP) is 2.34. The number of fused-ring (bicyclic) bond motifs is 2. The van der Waals surface area contributed by atoms with Gasteiger partial charge in [0, 0.05) is 6.07 Å². The number of halogens is 2. The van der Waals surface area contributed by atoms with Crippen molar-refractivity contribution in [3.8, 4) is 6.07 Å². The van der Waals surface area contributed by atoms with E-state index in [-0.39, 0.29) is 17.9 Å². The van der Waals surface area contributed by atoms with Crippen LogP contribution in [0.2, 0.25) is 0 Å². The summed E-state index contributed by atoms with van der Waals surface area (Å²) in [7, 11) is 0. The second-order valence-electron chi connectivity index (χ2n) is 7.06. The molecule has 0 unspecified atom stereocenters. The van der Waals surface area contributed by atoms with Gasteiger partial charge in [0.05, 0.1) is 34.9 Å². The van der Waals surface area contributed by atoms with E-state index in [2.05, 4.69) is 20.6 Å². The molecular weight excluding hydrogens is 382 g/mol. The summed E-state index contributed by atoms with van der Waals surface area (Å²) in [4.78, 5) is 34.5. The minimum absolute atomic E-state index is 0.102. The minimum atomic E-state index is -0.866. The molecule has 29 heavy (non-hydrogen) atoms. The number of urea groups is 1. The predicted molar refractivity (Wildman–Crippen MR) is 96.3 cm³/mol. The number of aromatic nitrogens is 2. The number of pyridine rings is 2. The summed E-state index contributed by atoms with van der Waals surface area (Å²) < 4.78 is 26.9. The van der Waals surface area contributed by atoms with E-state index in [0.29, 0.717) is 30.3 Å². The van der Waals surface area contributed by atoms with E-state index in [1.54, 1.807) is 6.07 Å². The summed E-state index contributed by atoms with van der Waals surface area (Å²) in [5, 5.41) is 14.4. The molecule has 1 spiro atoms. The Morgan fingerprint density at radius 2 is 2.21 bits per heavy atom. The molecule has 0 radical (unpaired) electrons. The van der Waals surface area contributed by atoms with Crippen LogP contribution in [-0.2, 0) is 10.3 Å². The zero-order valence-corrected chi connectivity index (χ0v) is 15.4. The van der Waals surface area contributed by atoms with E-state index in [0.717, 1.165) is 6.20 Å². The Morgan fingerprint density at radius 3 is 2.86 bits per heavy atom. The number of nitrogens with one attached hydrogen (secondary N) is 2. The molecule has 0 saturated heterocycles. The Kier molecular flexibility index (Phi) is 4.38. The van der Waals surface area contributed by atoms with Crippen LogP contribution in [0.4, 0.5) is 19.3 Å². The normalized spacial score (nSPS) is 17.2. The van der Waals surface area contributed by atoms with Gasteiger partial charge in [-0.25, -0.2) is 18.6 Å². The van der Waals surface area contributed by atoms with Crippen LogP contribution in [0.15, 0.2) is 24.4 Å². The highest BCUT2D eigenvalue weighted by Gasteiger charge is 2.57. The van der Waals surface area contributed by atoms with Crippen LogP contribution in [-0.4, -0.2) is 33.4 Å². The maximum Gasteiger partial charge on any atom is 0.323 e. The number of carbonyl (C=O) groups is 2.